The Kier molecular flexibility index (Phi) is 12.2. The third-order valence-corrected chi connectivity index (χ3v) is 7.28. The SMILES string of the molecule is CCCCCCOC(=O)N=C(N)c1ccc(NCc2nc3cc(C(=O)c4cccnc4NCCC(=O)OCC)ccc3n2C)cc1. The molecule has 0 bridgehead atoms. The van der Waals surface area contributed by atoms with Crippen molar-refractivity contribution in [2.75, 3.05) is 30.4 Å². The number of aryl methyl sites for hydroxylation is 1. The molecule has 0 aliphatic heterocycles. The Hall–Kier alpha value is -5.26. The van der Waals surface area contributed by atoms with E-state index in [0.29, 0.717) is 54.3 Å². The van der Waals surface area contributed by atoms with Gasteiger partial charge in [-0.1, -0.05) is 26.2 Å². The van der Waals surface area contributed by atoms with Crippen LogP contribution in [-0.2, 0) is 27.9 Å². The fourth-order valence-electron chi connectivity index (χ4n) is 4.77. The number of aromatic nitrogens is 3. The molecule has 0 aliphatic carbocycles. The highest BCUT2D eigenvalue weighted by Gasteiger charge is 2.17. The van der Waals surface area contributed by atoms with Gasteiger partial charge in [0.05, 0.1) is 42.8 Å². The lowest BCUT2D eigenvalue weighted by Crippen LogP contribution is -2.16. The van der Waals surface area contributed by atoms with Gasteiger partial charge in [-0.05, 0) is 67.9 Å². The molecule has 0 unspecified atom stereocenters. The van der Waals surface area contributed by atoms with Gasteiger partial charge >= 0.3 is 12.1 Å². The van der Waals surface area contributed by atoms with Crippen molar-refractivity contribution in [3.8, 4) is 0 Å². The van der Waals surface area contributed by atoms with Gasteiger partial charge in [0.15, 0.2) is 5.78 Å². The monoisotopic (exact) mass is 627 g/mol. The van der Waals surface area contributed by atoms with Crippen molar-refractivity contribution in [3.05, 3.63) is 83.3 Å². The molecular formula is C34H41N7O5. The molecule has 2 heterocycles. The second-order valence-electron chi connectivity index (χ2n) is 10.6. The summed E-state index contributed by atoms with van der Waals surface area (Å²) in [5.41, 5.74) is 9.89. The zero-order valence-corrected chi connectivity index (χ0v) is 26.5. The van der Waals surface area contributed by atoms with Gasteiger partial charge in [0.25, 0.3) is 0 Å². The van der Waals surface area contributed by atoms with Crippen LogP contribution in [0.5, 0.6) is 0 Å². The van der Waals surface area contributed by atoms with Gasteiger partial charge in [0.2, 0.25) is 0 Å². The van der Waals surface area contributed by atoms with Crippen molar-refractivity contribution in [2.24, 2.45) is 17.8 Å². The van der Waals surface area contributed by atoms with Gasteiger partial charge in [-0.2, -0.15) is 4.99 Å². The van der Waals surface area contributed by atoms with Gasteiger partial charge in [0, 0.05) is 36.6 Å². The Balaban J connectivity index is 1.37. The van der Waals surface area contributed by atoms with E-state index in [1.165, 1.54) is 0 Å². The van der Waals surface area contributed by atoms with E-state index in [1.807, 2.05) is 29.8 Å². The van der Waals surface area contributed by atoms with E-state index in [4.69, 9.17) is 20.2 Å². The summed E-state index contributed by atoms with van der Waals surface area (Å²) in [7, 11) is 1.92. The van der Waals surface area contributed by atoms with Crippen LogP contribution in [0.25, 0.3) is 11.0 Å². The Bertz CT molecular complexity index is 1680. The third kappa shape index (κ3) is 9.13. The van der Waals surface area contributed by atoms with Crippen molar-refractivity contribution in [3.63, 3.8) is 0 Å². The number of amides is 1. The number of carbonyl (C=O) groups excluding carboxylic acids is 3. The van der Waals surface area contributed by atoms with Crippen LogP contribution in [0, 0.1) is 0 Å². The Morgan fingerprint density at radius 2 is 1.74 bits per heavy atom. The molecule has 2 aromatic heterocycles. The Labute approximate surface area is 268 Å². The van der Waals surface area contributed by atoms with Crippen LogP contribution in [0.4, 0.5) is 16.3 Å². The predicted molar refractivity (Wildman–Crippen MR) is 178 cm³/mol. The number of nitrogens with two attached hydrogens (primary N) is 1. The van der Waals surface area contributed by atoms with E-state index in [-0.39, 0.29) is 24.0 Å². The van der Waals surface area contributed by atoms with Crippen LogP contribution in [0.15, 0.2) is 65.8 Å². The Morgan fingerprint density at radius 3 is 2.50 bits per heavy atom. The first kappa shape index (κ1) is 33.6. The second kappa shape index (κ2) is 16.7. The maximum Gasteiger partial charge on any atom is 0.435 e. The lowest BCUT2D eigenvalue weighted by molar-refractivity contribution is -0.142. The molecule has 4 rings (SSSR count). The number of fused-ring (bicyclic) bond motifs is 1. The van der Waals surface area contributed by atoms with Gasteiger partial charge in [0.1, 0.15) is 17.5 Å². The van der Waals surface area contributed by atoms with Crippen LogP contribution >= 0.6 is 0 Å². The number of amidine groups is 1. The highest BCUT2D eigenvalue weighted by molar-refractivity contribution is 6.13. The number of hydrogen-bond acceptors (Lipinski definition) is 9. The smallest absolute Gasteiger partial charge is 0.435 e. The zero-order valence-electron chi connectivity index (χ0n) is 26.5. The lowest BCUT2D eigenvalue weighted by atomic mass is 10.0. The minimum Gasteiger partial charge on any atom is -0.466 e. The normalized spacial score (nSPS) is 11.3. The number of anilines is 2. The van der Waals surface area contributed by atoms with Gasteiger partial charge in [-0.25, -0.2) is 14.8 Å². The number of nitrogens with zero attached hydrogens (tertiary/aromatic N) is 4. The molecule has 4 N–H and O–H groups in total. The molecule has 0 saturated carbocycles. The van der Waals surface area contributed by atoms with Gasteiger partial charge < -0.3 is 30.4 Å². The maximum atomic E-state index is 13.5. The first-order valence-electron chi connectivity index (χ1n) is 15.5. The molecule has 12 heteroatoms. The second-order valence-corrected chi connectivity index (χ2v) is 10.6. The fraction of sp³-hybridized carbons (Fsp3) is 0.353. The van der Waals surface area contributed by atoms with Crippen molar-refractivity contribution in [1.29, 1.82) is 0 Å². The molecule has 12 nitrogen and oxygen atoms in total. The molecule has 0 spiro atoms. The molecule has 46 heavy (non-hydrogen) atoms. The van der Waals surface area contributed by atoms with Crippen LogP contribution in [0.3, 0.4) is 0 Å². The van der Waals surface area contributed by atoms with Crippen molar-refractivity contribution < 1.29 is 23.9 Å². The summed E-state index contributed by atoms with van der Waals surface area (Å²) in [6.45, 7) is 5.25. The first-order valence-corrected chi connectivity index (χ1v) is 15.5. The van der Waals surface area contributed by atoms with E-state index in [9.17, 15) is 14.4 Å². The van der Waals surface area contributed by atoms with Crippen LogP contribution in [0.1, 0.15) is 73.3 Å². The zero-order chi connectivity index (χ0) is 32.9. The van der Waals surface area contributed by atoms with E-state index in [1.54, 1.807) is 49.5 Å². The number of carbonyl (C=O) groups is 3. The molecule has 0 saturated heterocycles. The summed E-state index contributed by atoms with van der Waals surface area (Å²) in [6, 6.07) is 16.1. The van der Waals surface area contributed by atoms with E-state index >= 15 is 0 Å². The Morgan fingerprint density at radius 1 is 0.957 bits per heavy atom. The van der Waals surface area contributed by atoms with Crippen molar-refractivity contribution in [2.45, 2.75) is 52.5 Å². The highest BCUT2D eigenvalue weighted by Crippen LogP contribution is 2.22. The quantitative estimate of drug-likeness (QED) is 0.0469. The summed E-state index contributed by atoms with van der Waals surface area (Å²) < 4.78 is 12.1. The largest absolute Gasteiger partial charge is 0.466 e. The number of aliphatic imine (C=N–C) groups is 1. The third-order valence-electron chi connectivity index (χ3n) is 7.28. The number of benzene rings is 2. The van der Waals surface area contributed by atoms with Crippen LogP contribution in [-0.4, -0.2) is 58.0 Å². The standard InChI is InChI=1S/C34H41N7O5/c1-4-6-7-8-20-46-34(44)40-32(35)23-11-14-25(15-12-23)38-22-29-39-27-21-24(13-16-28(27)41(29)3)31(43)26-10-9-18-36-33(26)37-19-17-30(42)45-5-2/h9-16,18,21,38H,4-8,17,19-20,22H2,1-3H3,(H,36,37)(H2,35,40,44). The van der Waals surface area contributed by atoms with Gasteiger partial charge in [-0.15, -0.1) is 0 Å². The summed E-state index contributed by atoms with van der Waals surface area (Å²) in [6.07, 6.45) is 5.11. The number of nitrogens with one attached hydrogen (secondary N) is 2. The summed E-state index contributed by atoms with van der Waals surface area (Å²) in [5, 5.41) is 6.42. The lowest BCUT2D eigenvalue weighted by Gasteiger charge is -2.10. The minimum absolute atomic E-state index is 0.0941. The molecule has 0 aliphatic rings. The summed E-state index contributed by atoms with van der Waals surface area (Å²) in [5.74, 6) is 0.746. The van der Waals surface area contributed by atoms with Crippen LogP contribution < -0.4 is 16.4 Å². The summed E-state index contributed by atoms with van der Waals surface area (Å²) >= 11 is 0. The number of rotatable bonds is 16. The van der Waals surface area contributed by atoms with E-state index in [0.717, 1.165) is 42.7 Å². The van der Waals surface area contributed by atoms with Crippen molar-refractivity contribution >= 4 is 46.2 Å². The number of unbranched alkanes of at least 4 members (excludes halogenated alkanes) is 3. The highest BCUT2D eigenvalue weighted by atomic mass is 16.5. The average molecular weight is 628 g/mol. The fourth-order valence-corrected chi connectivity index (χ4v) is 4.77. The first-order chi connectivity index (χ1) is 22.3. The molecule has 2 aromatic carbocycles. The average Bonchev–Trinajstić information content (AvgIpc) is 3.38. The topological polar surface area (TPSA) is 163 Å². The van der Waals surface area contributed by atoms with Gasteiger partial charge in [-0.3, -0.25) is 9.59 Å². The number of ketones is 1. The molecule has 1 amide bonds. The molecule has 0 fully saturated rings. The number of hydrogen-bond donors (Lipinski definition) is 3. The predicted octanol–water partition coefficient (Wildman–Crippen LogP) is 5.60. The number of esters is 1. The molecule has 4 aromatic rings. The van der Waals surface area contributed by atoms with E-state index < -0.39 is 6.09 Å². The molecule has 0 atom stereocenters. The molecule has 0 radical (unpaired) electrons. The number of pyridine rings is 1. The summed E-state index contributed by atoms with van der Waals surface area (Å²) in [4.78, 5) is 50.0. The van der Waals surface area contributed by atoms with E-state index in [2.05, 4.69) is 27.5 Å². The number of ether oxygens (including phenoxy) is 2. The van der Waals surface area contributed by atoms with Crippen molar-refractivity contribution in [1.82, 2.24) is 14.5 Å². The van der Waals surface area contributed by atoms with Crippen LogP contribution in [0.2, 0.25) is 0 Å². The molecule has 242 valence electrons. The maximum absolute atomic E-state index is 13.5. The molecular weight excluding hydrogens is 586 g/mol. The number of imidazole rings is 1. The minimum atomic E-state index is -0.688.